The fourth-order valence-corrected chi connectivity index (χ4v) is 4.53. The molecule has 1 heterocycles. The largest absolute Gasteiger partial charge is 0.620 e. The van der Waals surface area contributed by atoms with Gasteiger partial charge in [0.15, 0.2) is 0 Å². The molecular formula is C18H15N5O16. The Labute approximate surface area is 212 Å². The van der Waals surface area contributed by atoms with Crippen LogP contribution in [0, 0.1) is 50.6 Å². The van der Waals surface area contributed by atoms with Crippen LogP contribution in [0.1, 0.15) is 11.1 Å². The molecule has 0 radical (unpaired) electrons. The fraction of sp³-hybridized carbons (Fsp3) is 0.333. The fourth-order valence-electron chi connectivity index (χ4n) is 4.53. The summed E-state index contributed by atoms with van der Waals surface area (Å²) >= 11 is 0. The first-order valence-corrected chi connectivity index (χ1v) is 10.0. The predicted octanol–water partition coefficient (Wildman–Crippen LogP) is -2.15. The van der Waals surface area contributed by atoms with E-state index < -0.39 is 70.2 Å². The lowest BCUT2D eigenvalue weighted by Gasteiger charge is -2.52. The molecule has 5 N–H and O–H groups in total. The summed E-state index contributed by atoms with van der Waals surface area (Å²) in [6.07, 6.45) is 0. The summed E-state index contributed by atoms with van der Waals surface area (Å²) in [5.74, 6) is -9.96. The van der Waals surface area contributed by atoms with Crippen molar-refractivity contribution in [1.82, 2.24) is 0 Å². The lowest BCUT2D eigenvalue weighted by atomic mass is 9.64. The Kier molecular flexibility index (Phi) is 6.36. The number of rotatable bonds is 8. The van der Waals surface area contributed by atoms with Crippen LogP contribution in [0.2, 0.25) is 0 Å². The maximum absolute atomic E-state index is 12.4. The molecule has 1 fully saturated rings. The van der Waals surface area contributed by atoms with Gasteiger partial charge in [-0.3, -0.25) is 55.7 Å². The van der Waals surface area contributed by atoms with E-state index in [2.05, 4.69) is 0 Å². The van der Waals surface area contributed by atoms with Gasteiger partial charge in [-0.15, -0.1) is 0 Å². The Morgan fingerprint density at radius 2 is 0.949 bits per heavy atom. The molecule has 1 aliphatic heterocycles. The van der Waals surface area contributed by atoms with Crippen LogP contribution in [-0.2, 0) is 16.1 Å². The summed E-state index contributed by atoms with van der Waals surface area (Å²) in [6, 6.07) is 7.76. The average molecular weight is 557 g/mol. The second-order valence-corrected chi connectivity index (χ2v) is 8.10. The molecule has 5 atom stereocenters. The molecule has 2 aromatic carbocycles. The third-order valence-corrected chi connectivity index (χ3v) is 6.36. The van der Waals surface area contributed by atoms with E-state index in [0.717, 1.165) is 36.4 Å². The Balaban J connectivity index is 2.83. The summed E-state index contributed by atoms with van der Waals surface area (Å²) < 4.78 is 4.90. The van der Waals surface area contributed by atoms with E-state index in [9.17, 15) is 76.1 Å². The molecule has 208 valence electrons. The van der Waals surface area contributed by atoms with Crippen molar-refractivity contribution in [3.05, 3.63) is 122 Å². The molecule has 0 aromatic heterocycles. The Morgan fingerprint density at radius 3 is 1.28 bits per heavy atom. The van der Waals surface area contributed by atoms with Crippen LogP contribution in [0.3, 0.4) is 0 Å². The minimum atomic E-state index is -5.67. The minimum Gasteiger partial charge on any atom is -0.354 e. The van der Waals surface area contributed by atoms with E-state index >= 15 is 0 Å². The SMILES string of the molecule is O=[N+]([O-])C(O)([N+](=O)[O-])[C@@]1(c2ccccc2)O[C@@](O)(c2ccccc2)[C@@](O)([N+](=O)[O-])[C@](O)([N+](=O)[O-])[C@]1(O)[N+](=O)[O-]. The van der Waals surface area contributed by atoms with Gasteiger partial charge in [0.05, 0.1) is 14.8 Å². The van der Waals surface area contributed by atoms with Crippen molar-refractivity contribution in [2.24, 2.45) is 0 Å². The topological polar surface area (TPSA) is 326 Å². The molecule has 0 spiro atoms. The van der Waals surface area contributed by atoms with Gasteiger partial charge in [-0.2, -0.15) is 0 Å². The standard InChI is InChI=1S/C18H15N5O16/c24-14(12-9-5-2-6-10-12)16(26,20(31)32)17(27,21(33)34)15(25,19(29)30)13(39-14,11-7-3-1-4-8-11)18(28,22(35)36)23(37)38/h1-10,24-28H/t13-,14-,15-,16-,17-/m0/s1. The van der Waals surface area contributed by atoms with Crippen molar-refractivity contribution in [2.45, 2.75) is 34.4 Å². The van der Waals surface area contributed by atoms with Crippen LogP contribution in [0.15, 0.2) is 60.7 Å². The van der Waals surface area contributed by atoms with Crippen molar-refractivity contribution in [1.29, 1.82) is 0 Å². The van der Waals surface area contributed by atoms with E-state index in [-0.39, 0.29) is 0 Å². The van der Waals surface area contributed by atoms with E-state index in [0.29, 0.717) is 24.3 Å². The van der Waals surface area contributed by atoms with Crippen LogP contribution in [-0.4, -0.2) is 73.2 Å². The zero-order valence-electron chi connectivity index (χ0n) is 18.7. The summed E-state index contributed by atoms with van der Waals surface area (Å²) in [5.41, 5.74) is -24.2. The van der Waals surface area contributed by atoms with Gasteiger partial charge in [0.2, 0.25) is 0 Å². The highest BCUT2D eigenvalue weighted by atomic mass is 16.8. The second kappa shape index (κ2) is 8.62. The van der Waals surface area contributed by atoms with Gasteiger partial charge < -0.3 is 25.2 Å². The second-order valence-electron chi connectivity index (χ2n) is 8.10. The molecule has 3 rings (SSSR count). The van der Waals surface area contributed by atoms with Gasteiger partial charge in [0, 0.05) is 11.1 Å². The average Bonchev–Trinajstić information content (AvgIpc) is 2.89. The van der Waals surface area contributed by atoms with Gasteiger partial charge in [0.1, 0.15) is 9.85 Å². The number of ether oxygens (including phenoxy) is 1. The number of aliphatic hydroxyl groups is 5. The van der Waals surface area contributed by atoms with Crippen molar-refractivity contribution >= 4 is 0 Å². The molecule has 1 aliphatic rings. The number of benzene rings is 2. The highest BCUT2D eigenvalue weighted by molar-refractivity contribution is 5.36. The van der Waals surface area contributed by atoms with Crippen LogP contribution < -0.4 is 0 Å². The minimum absolute atomic E-state index is 0.439. The Hall–Kier alpha value is -4.80. The van der Waals surface area contributed by atoms with Crippen LogP contribution >= 0.6 is 0 Å². The zero-order chi connectivity index (χ0) is 29.8. The van der Waals surface area contributed by atoms with Gasteiger partial charge in [-0.05, 0) is 0 Å². The van der Waals surface area contributed by atoms with E-state index in [1.54, 1.807) is 0 Å². The van der Waals surface area contributed by atoms with Crippen molar-refractivity contribution in [3.63, 3.8) is 0 Å². The van der Waals surface area contributed by atoms with Gasteiger partial charge in [0.25, 0.3) is 0 Å². The highest BCUT2D eigenvalue weighted by Gasteiger charge is 3.09. The first-order valence-electron chi connectivity index (χ1n) is 10.0. The summed E-state index contributed by atoms with van der Waals surface area (Å²) in [5, 5.41) is 117. The van der Waals surface area contributed by atoms with Crippen molar-refractivity contribution in [3.8, 4) is 0 Å². The lowest BCUT2D eigenvalue weighted by Crippen LogP contribution is -2.94. The zero-order valence-corrected chi connectivity index (χ0v) is 18.7. The molecule has 21 heteroatoms. The number of nitrogens with zero attached hydrogens (tertiary/aromatic N) is 5. The van der Waals surface area contributed by atoms with E-state index in [1.807, 2.05) is 0 Å². The number of hydrogen-bond donors (Lipinski definition) is 5. The van der Waals surface area contributed by atoms with E-state index in [4.69, 9.17) is 4.74 Å². The first-order chi connectivity index (χ1) is 17.9. The Bertz CT molecular complexity index is 1360. The summed E-state index contributed by atoms with van der Waals surface area (Å²) in [4.78, 5) is 49.0. The molecule has 39 heavy (non-hydrogen) atoms. The van der Waals surface area contributed by atoms with Crippen molar-refractivity contribution in [2.75, 3.05) is 0 Å². The number of nitro groups is 5. The third-order valence-electron chi connectivity index (χ3n) is 6.36. The molecule has 0 unspecified atom stereocenters. The number of hydrogen-bond acceptors (Lipinski definition) is 16. The summed E-state index contributed by atoms with van der Waals surface area (Å²) in [6.45, 7) is 0. The smallest absolute Gasteiger partial charge is 0.354 e. The molecule has 0 bridgehead atoms. The predicted molar refractivity (Wildman–Crippen MR) is 114 cm³/mol. The first kappa shape index (κ1) is 28.8. The normalized spacial score (nSPS) is 32.6. The molecule has 0 saturated carbocycles. The third kappa shape index (κ3) is 2.98. The van der Waals surface area contributed by atoms with Gasteiger partial charge in [-0.1, -0.05) is 60.7 Å². The molecule has 2 aromatic rings. The van der Waals surface area contributed by atoms with Crippen molar-refractivity contribution < 1.29 is 54.9 Å². The van der Waals surface area contributed by atoms with Crippen LogP contribution in [0.4, 0.5) is 0 Å². The highest BCUT2D eigenvalue weighted by Crippen LogP contribution is 2.63. The van der Waals surface area contributed by atoms with E-state index in [1.165, 1.54) is 0 Å². The Morgan fingerprint density at radius 1 is 0.590 bits per heavy atom. The molecule has 0 aliphatic carbocycles. The van der Waals surface area contributed by atoms with Gasteiger partial charge in [-0.25, -0.2) is 0 Å². The van der Waals surface area contributed by atoms with Crippen LogP contribution in [0.5, 0.6) is 0 Å². The molecule has 0 amide bonds. The molecular weight excluding hydrogens is 542 g/mol. The maximum atomic E-state index is 12.4. The lowest BCUT2D eigenvalue weighted by molar-refractivity contribution is -0.928. The molecule has 1 saturated heterocycles. The monoisotopic (exact) mass is 557 g/mol. The molecule has 21 nitrogen and oxygen atoms in total. The van der Waals surface area contributed by atoms with Crippen LogP contribution in [0.25, 0.3) is 0 Å². The quantitative estimate of drug-likeness (QED) is 0.131. The van der Waals surface area contributed by atoms with Gasteiger partial charge >= 0.3 is 34.4 Å². The maximum Gasteiger partial charge on any atom is 0.620 e. The summed E-state index contributed by atoms with van der Waals surface area (Å²) in [7, 11) is 0.